The molecule has 1 unspecified atom stereocenters. The zero-order valence-electron chi connectivity index (χ0n) is 7.05. The summed E-state index contributed by atoms with van der Waals surface area (Å²) in [5, 5.41) is 0.526. The largest absolute Gasteiger partial charge is 0.321 e. The molecule has 1 rings (SSSR count). The van der Waals surface area contributed by atoms with Gasteiger partial charge in [0.15, 0.2) is 5.78 Å². The van der Waals surface area contributed by atoms with Crippen molar-refractivity contribution in [1.82, 2.24) is 0 Å². The highest BCUT2D eigenvalue weighted by atomic mass is 79.9. The maximum atomic E-state index is 11.4. The first-order valence-corrected chi connectivity index (χ1v) is 4.93. The number of ketones is 1. The minimum absolute atomic E-state index is 0.108. The Morgan fingerprint density at radius 2 is 2.15 bits per heavy atom. The fraction of sp³-hybridized carbons (Fsp3) is 0.222. The smallest absolute Gasteiger partial charge is 0.179 e. The first-order valence-electron chi connectivity index (χ1n) is 3.76. The average Bonchev–Trinajstić information content (AvgIpc) is 2.01. The van der Waals surface area contributed by atoms with E-state index in [4.69, 9.17) is 17.3 Å². The van der Waals surface area contributed by atoms with Crippen LogP contribution in [-0.4, -0.2) is 11.8 Å². The molecule has 1 aromatic carbocycles. The molecule has 4 heteroatoms. The van der Waals surface area contributed by atoms with E-state index in [0.717, 1.165) is 4.47 Å². The quantitative estimate of drug-likeness (QED) is 0.833. The van der Waals surface area contributed by atoms with Crippen molar-refractivity contribution >= 4 is 33.3 Å². The predicted molar refractivity (Wildman–Crippen MR) is 57.1 cm³/mol. The predicted octanol–water partition coefficient (Wildman–Crippen LogP) is 2.63. The molecule has 70 valence electrons. The van der Waals surface area contributed by atoms with Gasteiger partial charge in [0, 0.05) is 15.1 Å². The first kappa shape index (κ1) is 10.7. The summed E-state index contributed by atoms with van der Waals surface area (Å²) in [6.45, 7) is 1.65. The van der Waals surface area contributed by atoms with Crippen LogP contribution in [0.15, 0.2) is 22.7 Å². The molecule has 0 amide bonds. The summed E-state index contributed by atoms with van der Waals surface area (Å²) in [6.07, 6.45) is 0. The Bertz CT molecular complexity index is 318. The Kier molecular flexibility index (Phi) is 3.47. The van der Waals surface area contributed by atoms with E-state index >= 15 is 0 Å². The zero-order valence-corrected chi connectivity index (χ0v) is 9.39. The molecule has 2 nitrogen and oxygen atoms in total. The van der Waals surface area contributed by atoms with E-state index in [-0.39, 0.29) is 5.78 Å². The van der Waals surface area contributed by atoms with Gasteiger partial charge in [-0.05, 0) is 25.1 Å². The molecule has 0 spiro atoms. The van der Waals surface area contributed by atoms with Gasteiger partial charge in [0.05, 0.1) is 6.04 Å². The minimum atomic E-state index is -0.495. The Morgan fingerprint density at radius 1 is 1.54 bits per heavy atom. The molecule has 1 aromatic rings. The Balaban J connectivity index is 3.08. The minimum Gasteiger partial charge on any atom is -0.321 e. The Hall–Kier alpha value is -0.380. The summed E-state index contributed by atoms with van der Waals surface area (Å²) in [5.41, 5.74) is 6.00. The van der Waals surface area contributed by atoms with Crippen LogP contribution in [-0.2, 0) is 0 Å². The number of carbonyl (C=O) groups is 1. The van der Waals surface area contributed by atoms with E-state index in [1.807, 2.05) is 0 Å². The lowest BCUT2D eigenvalue weighted by Crippen LogP contribution is -2.26. The van der Waals surface area contributed by atoms with Gasteiger partial charge in [-0.1, -0.05) is 27.5 Å². The fourth-order valence-corrected chi connectivity index (χ4v) is 1.82. The summed E-state index contributed by atoms with van der Waals surface area (Å²) >= 11 is 9.03. The third-order valence-electron chi connectivity index (χ3n) is 1.56. The standard InChI is InChI=1S/C9H9BrClNO/c1-5(12)9(13)6-2-7(10)4-8(11)3-6/h2-5H,12H2,1H3. The van der Waals surface area contributed by atoms with Gasteiger partial charge in [-0.2, -0.15) is 0 Å². The molecule has 0 aliphatic heterocycles. The third-order valence-corrected chi connectivity index (χ3v) is 2.24. The number of hydrogen-bond acceptors (Lipinski definition) is 2. The van der Waals surface area contributed by atoms with Crippen molar-refractivity contribution in [3.05, 3.63) is 33.3 Å². The number of hydrogen-bond donors (Lipinski definition) is 1. The molecule has 0 aliphatic rings. The van der Waals surface area contributed by atoms with E-state index in [2.05, 4.69) is 15.9 Å². The van der Waals surface area contributed by atoms with Crippen LogP contribution in [0.25, 0.3) is 0 Å². The van der Waals surface area contributed by atoms with Crippen molar-refractivity contribution < 1.29 is 4.79 Å². The van der Waals surface area contributed by atoms with Gasteiger partial charge in [-0.15, -0.1) is 0 Å². The van der Waals surface area contributed by atoms with Gasteiger partial charge in [0.1, 0.15) is 0 Å². The highest BCUT2D eigenvalue weighted by molar-refractivity contribution is 9.10. The average molecular weight is 263 g/mol. The monoisotopic (exact) mass is 261 g/mol. The lowest BCUT2D eigenvalue weighted by molar-refractivity contribution is 0.0968. The molecular formula is C9H9BrClNO. The van der Waals surface area contributed by atoms with E-state index in [1.165, 1.54) is 0 Å². The van der Waals surface area contributed by atoms with Crippen molar-refractivity contribution in [3.63, 3.8) is 0 Å². The summed E-state index contributed by atoms with van der Waals surface area (Å²) in [6, 6.07) is 4.54. The molecule has 0 aromatic heterocycles. The molecule has 0 fully saturated rings. The topological polar surface area (TPSA) is 43.1 Å². The number of Topliss-reactive ketones (excluding diaryl/α,β-unsaturated/α-hetero) is 1. The first-order chi connectivity index (χ1) is 6.00. The van der Waals surface area contributed by atoms with Crippen molar-refractivity contribution in [2.75, 3.05) is 0 Å². The van der Waals surface area contributed by atoms with Crippen LogP contribution in [0.5, 0.6) is 0 Å². The van der Waals surface area contributed by atoms with Crippen LogP contribution in [0.3, 0.4) is 0 Å². The second kappa shape index (κ2) is 4.22. The molecule has 0 bridgehead atoms. The summed E-state index contributed by atoms with van der Waals surface area (Å²) < 4.78 is 0.781. The summed E-state index contributed by atoms with van der Waals surface area (Å²) in [4.78, 5) is 11.4. The molecule has 0 aliphatic carbocycles. The van der Waals surface area contributed by atoms with Gasteiger partial charge in [-0.25, -0.2) is 0 Å². The highest BCUT2D eigenvalue weighted by Gasteiger charge is 2.11. The maximum Gasteiger partial charge on any atom is 0.179 e. The maximum absolute atomic E-state index is 11.4. The number of benzene rings is 1. The van der Waals surface area contributed by atoms with Crippen molar-refractivity contribution in [2.45, 2.75) is 13.0 Å². The van der Waals surface area contributed by atoms with Crippen molar-refractivity contribution in [1.29, 1.82) is 0 Å². The van der Waals surface area contributed by atoms with Gasteiger partial charge < -0.3 is 5.73 Å². The van der Waals surface area contributed by atoms with Crippen LogP contribution in [0, 0.1) is 0 Å². The van der Waals surface area contributed by atoms with Crippen LogP contribution < -0.4 is 5.73 Å². The van der Waals surface area contributed by atoms with Crippen LogP contribution >= 0.6 is 27.5 Å². The molecule has 1 atom stereocenters. The van der Waals surface area contributed by atoms with E-state index in [1.54, 1.807) is 25.1 Å². The number of rotatable bonds is 2. The Labute approximate surface area is 90.2 Å². The highest BCUT2D eigenvalue weighted by Crippen LogP contribution is 2.20. The van der Waals surface area contributed by atoms with Gasteiger partial charge >= 0.3 is 0 Å². The SMILES string of the molecule is CC(N)C(=O)c1cc(Cl)cc(Br)c1. The molecule has 0 saturated carbocycles. The van der Waals surface area contributed by atoms with Gasteiger partial charge in [0.25, 0.3) is 0 Å². The summed E-state index contributed by atoms with van der Waals surface area (Å²) in [5.74, 6) is -0.108. The van der Waals surface area contributed by atoms with Gasteiger partial charge in [0.2, 0.25) is 0 Å². The summed E-state index contributed by atoms with van der Waals surface area (Å²) in [7, 11) is 0. The zero-order chi connectivity index (χ0) is 10.0. The number of halogens is 2. The number of carbonyl (C=O) groups excluding carboxylic acids is 1. The third kappa shape index (κ3) is 2.79. The van der Waals surface area contributed by atoms with Crippen molar-refractivity contribution in [3.8, 4) is 0 Å². The second-order valence-electron chi connectivity index (χ2n) is 2.81. The number of nitrogens with two attached hydrogens (primary N) is 1. The molecule has 13 heavy (non-hydrogen) atoms. The van der Waals surface area contributed by atoms with Crippen LogP contribution in [0.4, 0.5) is 0 Å². The Morgan fingerprint density at radius 3 is 2.62 bits per heavy atom. The van der Waals surface area contributed by atoms with Crippen molar-refractivity contribution in [2.24, 2.45) is 5.73 Å². The molecule has 0 radical (unpaired) electrons. The normalized spacial score (nSPS) is 12.6. The second-order valence-corrected chi connectivity index (χ2v) is 4.16. The van der Waals surface area contributed by atoms with E-state index in [9.17, 15) is 4.79 Å². The molecule has 0 saturated heterocycles. The van der Waals surface area contributed by atoms with Crippen LogP contribution in [0.1, 0.15) is 17.3 Å². The fourth-order valence-electron chi connectivity index (χ4n) is 0.959. The lowest BCUT2D eigenvalue weighted by Gasteiger charge is -2.05. The van der Waals surface area contributed by atoms with E-state index in [0.29, 0.717) is 10.6 Å². The molecule has 0 heterocycles. The van der Waals surface area contributed by atoms with Gasteiger partial charge in [-0.3, -0.25) is 4.79 Å². The molecule has 2 N–H and O–H groups in total. The van der Waals surface area contributed by atoms with Crippen LogP contribution in [0.2, 0.25) is 5.02 Å². The van der Waals surface area contributed by atoms with E-state index < -0.39 is 6.04 Å². The lowest BCUT2D eigenvalue weighted by atomic mass is 10.1. The molecular weight excluding hydrogens is 253 g/mol.